The topological polar surface area (TPSA) is 72.5 Å². The summed E-state index contributed by atoms with van der Waals surface area (Å²) in [6.07, 6.45) is 2.27. The van der Waals surface area contributed by atoms with Crippen molar-refractivity contribution < 1.29 is 33.2 Å². The number of hydrogen-bond acceptors (Lipinski definition) is 7. The van der Waals surface area contributed by atoms with Crippen LogP contribution in [-0.4, -0.2) is 48.0 Å². The van der Waals surface area contributed by atoms with Gasteiger partial charge in [0.1, 0.15) is 5.75 Å². The first-order valence-electron chi connectivity index (χ1n) is 7.92. The molecule has 0 aliphatic heterocycles. The Morgan fingerprint density at radius 2 is 1.72 bits per heavy atom. The van der Waals surface area contributed by atoms with Crippen molar-refractivity contribution in [2.45, 2.75) is 19.3 Å². The maximum Gasteiger partial charge on any atom is 0.334 e. The van der Waals surface area contributed by atoms with E-state index in [-0.39, 0.29) is 19.6 Å². The van der Waals surface area contributed by atoms with Gasteiger partial charge in [-0.25, -0.2) is 4.79 Å². The Hall–Kier alpha value is -2.25. The van der Waals surface area contributed by atoms with Crippen molar-refractivity contribution in [3.8, 4) is 17.2 Å². The van der Waals surface area contributed by atoms with Crippen LogP contribution >= 0.6 is 0 Å². The molecule has 0 fully saturated rings. The van der Waals surface area contributed by atoms with Crippen molar-refractivity contribution in [2.24, 2.45) is 0 Å². The minimum atomic E-state index is -0.327. The van der Waals surface area contributed by atoms with Gasteiger partial charge in [0.2, 0.25) is 0 Å². The van der Waals surface area contributed by atoms with Gasteiger partial charge in [0, 0.05) is 31.4 Å². The molecule has 25 heavy (non-hydrogen) atoms. The Morgan fingerprint density at radius 3 is 2.36 bits per heavy atom. The monoisotopic (exact) mass is 352 g/mol. The maximum atomic E-state index is 12.1. The normalized spacial score (nSPS) is 13.8. The van der Waals surface area contributed by atoms with Crippen LogP contribution in [0.4, 0.5) is 0 Å². The predicted octanol–water partition coefficient (Wildman–Crippen LogP) is 2.77. The second-order valence-corrected chi connectivity index (χ2v) is 5.41. The molecular formula is C18H24O7. The lowest BCUT2D eigenvalue weighted by molar-refractivity contribution is -0.136. The van der Waals surface area contributed by atoms with E-state index in [1.54, 1.807) is 20.3 Å². The number of allylic oxidation sites excluding steroid dienone is 1. The zero-order valence-corrected chi connectivity index (χ0v) is 15.0. The first kappa shape index (κ1) is 19.1. The van der Waals surface area contributed by atoms with E-state index in [0.29, 0.717) is 29.2 Å². The summed E-state index contributed by atoms with van der Waals surface area (Å²) < 4.78 is 31.6. The number of carbonyl (C=O) groups excluding carboxylic acids is 1. The standard InChI is InChI=1S/C18H24O7/c1-20-10-24-12-8-15(13-6-5-7-14(13)18(19)23-4)17(25-11-21-2)16(9-12)22-3/h8-9H,5-7,10-11H2,1-4H3. The van der Waals surface area contributed by atoms with Crippen molar-refractivity contribution in [3.05, 3.63) is 23.3 Å². The highest BCUT2D eigenvalue weighted by Crippen LogP contribution is 2.45. The summed E-state index contributed by atoms with van der Waals surface area (Å²) >= 11 is 0. The molecule has 0 aromatic heterocycles. The Morgan fingerprint density at radius 1 is 1.00 bits per heavy atom. The Kier molecular flexibility index (Phi) is 7.09. The van der Waals surface area contributed by atoms with E-state index in [9.17, 15) is 4.79 Å². The number of benzene rings is 1. The smallest absolute Gasteiger partial charge is 0.334 e. The molecule has 2 rings (SSSR count). The largest absolute Gasteiger partial charge is 0.493 e. The average molecular weight is 352 g/mol. The molecule has 7 heteroatoms. The van der Waals surface area contributed by atoms with Gasteiger partial charge in [-0.05, 0) is 30.9 Å². The fraction of sp³-hybridized carbons (Fsp3) is 0.500. The molecule has 0 saturated heterocycles. The summed E-state index contributed by atoms with van der Waals surface area (Å²) in [4.78, 5) is 12.1. The molecule has 0 bridgehead atoms. The Balaban J connectivity index is 2.56. The second kappa shape index (κ2) is 9.29. The first-order chi connectivity index (χ1) is 12.2. The highest BCUT2D eigenvalue weighted by molar-refractivity contribution is 5.99. The average Bonchev–Trinajstić information content (AvgIpc) is 3.13. The van der Waals surface area contributed by atoms with Gasteiger partial charge in [0.05, 0.1) is 14.2 Å². The Labute approximate surface area is 147 Å². The van der Waals surface area contributed by atoms with Gasteiger partial charge in [0.15, 0.2) is 25.1 Å². The first-order valence-corrected chi connectivity index (χ1v) is 7.92. The van der Waals surface area contributed by atoms with Crippen molar-refractivity contribution in [1.29, 1.82) is 0 Å². The Bertz CT molecular complexity index is 637. The molecule has 0 amide bonds. The fourth-order valence-electron chi connectivity index (χ4n) is 2.82. The minimum absolute atomic E-state index is 0.0580. The highest BCUT2D eigenvalue weighted by Gasteiger charge is 2.27. The van der Waals surface area contributed by atoms with Crippen LogP contribution < -0.4 is 14.2 Å². The maximum absolute atomic E-state index is 12.1. The molecule has 0 spiro atoms. The quantitative estimate of drug-likeness (QED) is 0.500. The number of rotatable bonds is 9. The molecule has 0 saturated carbocycles. The summed E-state index contributed by atoms with van der Waals surface area (Å²) in [5, 5.41) is 0. The predicted molar refractivity (Wildman–Crippen MR) is 90.8 cm³/mol. The van der Waals surface area contributed by atoms with Crippen LogP contribution in [-0.2, 0) is 19.0 Å². The van der Waals surface area contributed by atoms with Crippen LogP contribution in [0.1, 0.15) is 24.8 Å². The molecule has 0 heterocycles. The van der Waals surface area contributed by atoms with Crippen molar-refractivity contribution in [1.82, 2.24) is 0 Å². The van der Waals surface area contributed by atoms with Crippen LogP contribution in [0.25, 0.3) is 5.57 Å². The van der Waals surface area contributed by atoms with Crippen molar-refractivity contribution in [3.63, 3.8) is 0 Å². The van der Waals surface area contributed by atoms with Crippen molar-refractivity contribution in [2.75, 3.05) is 42.0 Å². The number of carbonyl (C=O) groups is 1. The van der Waals surface area contributed by atoms with Crippen LogP contribution in [0.3, 0.4) is 0 Å². The number of ether oxygens (including phenoxy) is 6. The molecule has 1 aromatic carbocycles. The van der Waals surface area contributed by atoms with Gasteiger partial charge in [-0.3, -0.25) is 0 Å². The van der Waals surface area contributed by atoms with E-state index in [0.717, 1.165) is 24.0 Å². The van der Waals surface area contributed by atoms with Gasteiger partial charge in [0.25, 0.3) is 0 Å². The number of esters is 1. The van der Waals surface area contributed by atoms with Gasteiger partial charge < -0.3 is 28.4 Å². The van der Waals surface area contributed by atoms with Gasteiger partial charge >= 0.3 is 5.97 Å². The van der Waals surface area contributed by atoms with Gasteiger partial charge in [-0.15, -0.1) is 0 Å². The second-order valence-electron chi connectivity index (χ2n) is 5.41. The summed E-state index contributed by atoms with van der Waals surface area (Å²) in [7, 11) is 6.01. The summed E-state index contributed by atoms with van der Waals surface area (Å²) in [6, 6.07) is 3.52. The molecule has 0 radical (unpaired) electrons. The lowest BCUT2D eigenvalue weighted by atomic mass is 10.00. The van der Waals surface area contributed by atoms with Crippen LogP contribution in [0.2, 0.25) is 0 Å². The van der Waals surface area contributed by atoms with E-state index >= 15 is 0 Å². The lowest BCUT2D eigenvalue weighted by Crippen LogP contribution is -2.08. The van der Waals surface area contributed by atoms with E-state index in [1.165, 1.54) is 14.2 Å². The molecular weight excluding hydrogens is 328 g/mol. The highest BCUT2D eigenvalue weighted by atomic mass is 16.7. The fourth-order valence-corrected chi connectivity index (χ4v) is 2.82. The molecule has 0 unspecified atom stereocenters. The molecule has 1 aliphatic rings. The number of methoxy groups -OCH3 is 4. The third-order valence-electron chi connectivity index (χ3n) is 3.89. The zero-order chi connectivity index (χ0) is 18.2. The van der Waals surface area contributed by atoms with E-state index in [2.05, 4.69) is 0 Å². The van der Waals surface area contributed by atoms with Crippen LogP contribution in [0.15, 0.2) is 17.7 Å². The van der Waals surface area contributed by atoms with Gasteiger partial charge in [-0.2, -0.15) is 0 Å². The van der Waals surface area contributed by atoms with Gasteiger partial charge in [-0.1, -0.05) is 0 Å². The summed E-state index contributed by atoms with van der Waals surface area (Å²) in [5.74, 6) is 1.23. The zero-order valence-electron chi connectivity index (χ0n) is 15.0. The van der Waals surface area contributed by atoms with Crippen LogP contribution in [0.5, 0.6) is 17.2 Å². The minimum Gasteiger partial charge on any atom is -0.493 e. The molecule has 7 nitrogen and oxygen atoms in total. The summed E-state index contributed by atoms with van der Waals surface area (Å²) in [5.41, 5.74) is 2.26. The third-order valence-corrected chi connectivity index (χ3v) is 3.89. The molecule has 138 valence electrons. The van der Waals surface area contributed by atoms with E-state index in [1.807, 2.05) is 6.07 Å². The molecule has 1 aliphatic carbocycles. The third kappa shape index (κ3) is 4.43. The molecule has 0 N–H and O–H groups in total. The lowest BCUT2D eigenvalue weighted by Gasteiger charge is -2.18. The van der Waals surface area contributed by atoms with Crippen LogP contribution in [0, 0.1) is 0 Å². The van der Waals surface area contributed by atoms with E-state index in [4.69, 9.17) is 28.4 Å². The number of hydrogen-bond donors (Lipinski definition) is 0. The summed E-state index contributed by atoms with van der Waals surface area (Å²) in [6.45, 7) is 0.159. The SMILES string of the molecule is COCOc1cc(OC)c(OCOC)c(C2=C(C(=O)OC)CCC2)c1. The molecule has 0 atom stereocenters. The van der Waals surface area contributed by atoms with E-state index < -0.39 is 0 Å². The van der Waals surface area contributed by atoms with Crippen molar-refractivity contribution >= 4 is 11.5 Å². The molecule has 1 aromatic rings.